The third-order valence-electron chi connectivity index (χ3n) is 6.12. The second-order valence-corrected chi connectivity index (χ2v) is 7.97. The molecule has 0 unspecified atom stereocenters. The molecule has 0 spiro atoms. The Hall–Kier alpha value is -3.41. The SMILES string of the molecule is N#Cc1ccc2c(c1)OCC[C@H]2Nc1ccc(F)c([C@@]2(C(F)F)N=C(N)O[C@@H]3C[C@@H]32)c1. The molecular weight excluding hydrogens is 409 g/mol. The Balaban J connectivity index is 1.51. The maximum Gasteiger partial charge on any atom is 0.283 e. The summed E-state index contributed by atoms with van der Waals surface area (Å²) in [5.41, 5.74) is 5.18. The van der Waals surface area contributed by atoms with Crippen LogP contribution in [-0.2, 0) is 10.3 Å². The normalized spacial score (nSPS) is 28.4. The molecule has 1 saturated carbocycles. The van der Waals surface area contributed by atoms with Crippen molar-refractivity contribution in [3.8, 4) is 11.8 Å². The standard InChI is InChI=1S/C22H19F3N4O2/c23-16-4-2-12(28-17-5-6-30-18-7-11(10-26)1-3-13(17)18)8-14(16)22(20(24)25)15-9-19(15)31-21(27)29-22/h1-4,7-8,15,17,19-20,28H,5-6,9H2,(H2,27,29)/t15-,17+,19+,22+/m0/s1. The van der Waals surface area contributed by atoms with Gasteiger partial charge in [-0.15, -0.1) is 0 Å². The number of benzene rings is 2. The molecule has 2 heterocycles. The van der Waals surface area contributed by atoms with Crippen molar-refractivity contribution in [2.45, 2.75) is 37.0 Å². The first-order chi connectivity index (χ1) is 14.9. The Morgan fingerprint density at radius 1 is 1.26 bits per heavy atom. The van der Waals surface area contributed by atoms with E-state index in [1.165, 1.54) is 18.2 Å². The number of ether oxygens (including phenoxy) is 2. The molecule has 3 aliphatic rings. The lowest BCUT2D eigenvalue weighted by molar-refractivity contribution is 0.0177. The number of halogens is 3. The van der Waals surface area contributed by atoms with Crippen LogP contribution in [0.4, 0.5) is 18.9 Å². The summed E-state index contributed by atoms with van der Waals surface area (Å²) >= 11 is 0. The van der Waals surface area contributed by atoms with Crippen molar-refractivity contribution in [3.63, 3.8) is 0 Å². The fourth-order valence-corrected chi connectivity index (χ4v) is 4.53. The highest BCUT2D eigenvalue weighted by atomic mass is 19.3. The minimum Gasteiger partial charge on any atom is -0.493 e. The van der Waals surface area contributed by atoms with E-state index in [0.717, 1.165) is 5.56 Å². The van der Waals surface area contributed by atoms with Crippen molar-refractivity contribution in [2.24, 2.45) is 16.6 Å². The number of nitrogens with zero attached hydrogens (tertiary/aromatic N) is 2. The minimum atomic E-state index is -2.94. The molecule has 31 heavy (non-hydrogen) atoms. The predicted octanol–water partition coefficient (Wildman–Crippen LogP) is 3.83. The van der Waals surface area contributed by atoms with Gasteiger partial charge in [-0.2, -0.15) is 5.26 Å². The van der Waals surface area contributed by atoms with E-state index in [0.29, 0.717) is 36.4 Å². The van der Waals surface area contributed by atoms with Gasteiger partial charge >= 0.3 is 0 Å². The van der Waals surface area contributed by atoms with Crippen LogP contribution in [0.5, 0.6) is 5.75 Å². The van der Waals surface area contributed by atoms with Gasteiger partial charge in [0.1, 0.15) is 17.7 Å². The van der Waals surface area contributed by atoms with Gasteiger partial charge in [-0.25, -0.2) is 18.2 Å². The van der Waals surface area contributed by atoms with E-state index in [-0.39, 0.29) is 17.6 Å². The molecule has 0 radical (unpaired) electrons. The number of nitrogens with two attached hydrogens (primary N) is 1. The van der Waals surface area contributed by atoms with Crippen LogP contribution in [0.3, 0.4) is 0 Å². The highest BCUT2D eigenvalue weighted by molar-refractivity contribution is 5.74. The molecule has 0 bridgehead atoms. The van der Waals surface area contributed by atoms with E-state index in [1.807, 2.05) is 0 Å². The molecule has 2 aliphatic heterocycles. The predicted molar refractivity (Wildman–Crippen MR) is 106 cm³/mol. The van der Waals surface area contributed by atoms with Crippen LogP contribution in [0.2, 0.25) is 0 Å². The summed E-state index contributed by atoms with van der Waals surface area (Å²) in [4.78, 5) is 3.91. The lowest BCUT2D eigenvalue weighted by Crippen LogP contribution is -2.43. The topological polar surface area (TPSA) is 92.7 Å². The monoisotopic (exact) mass is 428 g/mol. The third kappa shape index (κ3) is 3.14. The average molecular weight is 428 g/mol. The number of aliphatic imine (C=N–C) groups is 1. The number of nitriles is 1. The second-order valence-electron chi connectivity index (χ2n) is 7.97. The van der Waals surface area contributed by atoms with Crippen molar-refractivity contribution >= 4 is 11.7 Å². The first-order valence-corrected chi connectivity index (χ1v) is 9.96. The summed E-state index contributed by atoms with van der Waals surface area (Å²) in [7, 11) is 0. The van der Waals surface area contributed by atoms with Gasteiger partial charge in [0.2, 0.25) is 0 Å². The van der Waals surface area contributed by atoms with Gasteiger partial charge in [-0.05, 0) is 36.8 Å². The van der Waals surface area contributed by atoms with E-state index >= 15 is 0 Å². The molecule has 2 aromatic carbocycles. The number of amidine groups is 1. The maximum atomic E-state index is 14.8. The molecule has 5 rings (SSSR count). The van der Waals surface area contributed by atoms with Crippen molar-refractivity contribution in [1.29, 1.82) is 5.26 Å². The highest BCUT2D eigenvalue weighted by Crippen LogP contribution is 2.56. The first-order valence-electron chi connectivity index (χ1n) is 9.96. The number of hydrogen-bond donors (Lipinski definition) is 2. The van der Waals surface area contributed by atoms with Crippen molar-refractivity contribution in [2.75, 3.05) is 11.9 Å². The zero-order valence-electron chi connectivity index (χ0n) is 16.3. The Morgan fingerprint density at radius 2 is 2.10 bits per heavy atom. The van der Waals surface area contributed by atoms with Crippen molar-refractivity contribution < 1.29 is 22.6 Å². The summed E-state index contributed by atoms with van der Waals surface area (Å²) in [5, 5.41) is 12.4. The fourth-order valence-electron chi connectivity index (χ4n) is 4.53. The summed E-state index contributed by atoms with van der Waals surface area (Å²) in [6.07, 6.45) is -2.45. The highest BCUT2D eigenvalue weighted by Gasteiger charge is 2.64. The van der Waals surface area contributed by atoms with E-state index in [4.69, 9.17) is 20.5 Å². The van der Waals surface area contributed by atoms with Crippen LogP contribution < -0.4 is 15.8 Å². The number of nitrogens with one attached hydrogen (secondary N) is 1. The van der Waals surface area contributed by atoms with Gasteiger partial charge in [-0.1, -0.05) is 6.07 Å². The Kier molecular flexibility index (Phi) is 4.46. The molecule has 0 amide bonds. The van der Waals surface area contributed by atoms with E-state index < -0.39 is 29.8 Å². The molecule has 2 aromatic rings. The van der Waals surface area contributed by atoms with Crippen LogP contribution in [0.25, 0.3) is 0 Å². The summed E-state index contributed by atoms with van der Waals surface area (Å²) in [5.74, 6) is -0.796. The zero-order chi connectivity index (χ0) is 21.8. The van der Waals surface area contributed by atoms with E-state index in [9.17, 15) is 13.2 Å². The molecule has 0 saturated heterocycles. The van der Waals surface area contributed by atoms with Crippen LogP contribution >= 0.6 is 0 Å². The maximum absolute atomic E-state index is 14.8. The smallest absolute Gasteiger partial charge is 0.283 e. The lowest BCUT2D eigenvalue weighted by Gasteiger charge is -2.34. The molecule has 4 atom stereocenters. The molecule has 3 N–H and O–H groups in total. The van der Waals surface area contributed by atoms with Gasteiger partial charge < -0.3 is 20.5 Å². The Labute approximate surface area is 176 Å². The lowest BCUT2D eigenvalue weighted by atomic mass is 9.84. The second kappa shape index (κ2) is 7.08. The molecule has 160 valence electrons. The first kappa shape index (κ1) is 19.5. The molecule has 1 fully saturated rings. The van der Waals surface area contributed by atoms with Crippen LogP contribution in [0.1, 0.15) is 35.6 Å². The molecule has 1 aliphatic carbocycles. The van der Waals surface area contributed by atoms with Gasteiger partial charge in [0.15, 0.2) is 5.54 Å². The molecule has 0 aromatic heterocycles. The summed E-state index contributed by atoms with van der Waals surface area (Å²) in [6.45, 7) is 0.427. The average Bonchev–Trinajstić information content (AvgIpc) is 3.53. The van der Waals surface area contributed by atoms with Crippen LogP contribution in [-0.4, -0.2) is 25.2 Å². The number of alkyl halides is 2. The van der Waals surface area contributed by atoms with E-state index in [2.05, 4.69) is 16.4 Å². The van der Waals surface area contributed by atoms with E-state index in [1.54, 1.807) is 18.2 Å². The minimum absolute atomic E-state index is 0.186. The van der Waals surface area contributed by atoms with Crippen LogP contribution in [0.15, 0.2) is 41.4 Å². The molecule has 9 heteroatoms. The largest absolute Gasteiger partial charge is 0.493 e. The van der Waals surface area contributed by atoms with Gasteiger partial charge in [-0.3, -0.25) is 0 Å². The fraction of sp³-hybridized carbons (Fsp3) is 0.364. The number of fused-ring (bicyclic) bond motifs is 2. The quantitative estimate of drug-likeness (QED) is 0.772. The third-order valence-corrected chi connectivity index (χ3v) is 6.12. The van der Waals surface area contributed by atoms with Gasteiger partial charge in [0.05, 0.1) is 24.3 Å². The Morgan fingerprint density at radius 3 is 2.87 bits per heavy atom. The Bertz CT molecular complexity index is 1120. The zero-order valence-corrected chi connectivity index (χ0v) is 16.3. The summed E-state index contributed by atoms with van der Waals surface area (Å²) in [6, 6.07) is 10.8. The van der Waals surface area contributed by atoms with Gasteiger partial charge in [0, 0.05) is 29.2 Å². The summed E-state index contributed by atoms with van der Waals surface area (Å²) < 4.78 is 54.3. The van der Waals surface area contributed by atoms with Crippen molar-refractivity contribution in [1.82, 2.24) is 0 Å². The number of rotatable bonds is 4. The van der Waals surface area contributed by atoms with Crippen LogP contribution in [0, 0.1) is 23.1 Å². The van der Waals surface area contributed by atoms with Gasteiger partial charge in [0.25, 0.3) is 12.4 Å². The molecule has 6 nitrogen and oxygen atoms in total. The number of anilines is 1. The molecular formula is C22H19F3N4O2. The van der Waals surface area contributed by atoms with Crippen molar-refractivity contribution in [3.05, 3.63) is 58.9 Å². The number of hydrogen-bond acceptors (Lipinski definition) is 6.